The van der Waals surface area contributed by atoms with Crippen LogP contribution in [0.2, 0.25) is 0 Å². The summed E-state index contributed by atoms with van der Waals surface area (Å²) < 4.78 is 0. The molecule has 0 bridgehead atoms. The molecule has 0 aromatic rings. The first-order valence-electron chi connectivity index (χ1n) is 8.32. The number of rotatable bonds is 9. The van der Waals surface area contributed by atoms with Crippen LogP contribution in [0.15, 0.2) is 0 Å². The second-order valence-electron chi connectivity index (χ2n) is 7.26. The lowest BCUT2D eigenvalue weighted by Gasteiger charge is -2.29. The van der Waals surface area contributed by atoms with E-state index in [0.29, 0.717) is 0 Å². The molecule has 1 fully saturated rings. The van der Waals surface area contributed by atoms with Crippen molar-refractivity contribution >= 4 is 9.24 Å². The van der Waals surface area contributed by atoms with Gasteiger partial charge in [-0.2, -0.15) is 0 Å². The van der Waals surface area contributed by atoms with Crippen molar-refractivity contribution in [2.75, 3.05) is 13.6 Å². The summed E-state index contributed by atoms with van der Waals surface area (Å²) in [5.41, 5.74) is 0.833. The molecular weight excluding hydrogens is 249 g/mol. The predicted octanol–water partition coefficient (Wildman–Crippen LogP) is 4.67. The predicted molar refractivity (Wildman–Crippen MR) is 90.7 cm³/mol. The van der Waals surface area contributed by atoms with Crippen molar-refractivity contribution in [3.8, 4) is 0 Å². The fourth-order valence-corrected chi connectivity index (χ4v) is 3.94. The van der Waals surface area contributed by atoms with Gasteiger partial charge in [0, 0.05) is 6.04 Å². The van der Waals surface area contributed by atoms with E-state index in [1.807, 2.05) is 0 Å². The molecule has 0 aromatic carbocycles. The highest BCUT2D eigenvalue weighted by molar-refractivity contribution is 7.17. The van der Waals surface area contributed by atoms with Gasteiger partial charge in [-0.15, -0.1) is 9.24 Å². The van der Waals surface area contributed by atoms with Gasteiger partial charge < -0.3 is 4.90 Å². The molecule has 0 spiro atoms. The summed E-state index contributed by atoms with van der Waals surface area (Å²) >= 11 is 0. The van der Waals surface area contributed by atoms with Crippen LogP contribution in [0.5, 0.6) is 0 Å². The summed E-state index contributed by atoms with van der Waals surface area (Å²) in [5, 5.41) is 0. The van der Waals surface area contributed by atoms with Crippen molar-refractivity contribution in [2.24, 2.45) is 23.7 Å². The molecule has 19 heavy (non-hydrogen) atoms. The molecule has 1 aliphatic carbocycles. The Balaban J connectivity index is 2.22. The Morgan fingerprint density at radius 2 is 1.79 bits per heavy atom. The van der Waals surface area contributed by atoms with E-state index in [-0.39, 0.29) is 0 Å². The van der Waals surface area contributed by atoms with E-state index in [2.05, 4.69) is 55.8 Å². The van der Waals surface area contributed by atoms with Crippen LogP contribution >= 0.6 is 9.24 Å². The van der Waals surface area contributed by atoms with Crippen molar-refractivity contribution < 1.29 is 0 Å². The fraction of sp³-hybridized carbons (Fsp3) is 1.00. The van der Waals surface area contributed by atoms with E-state index in [1.54, 1.807) is 0 Å². The number of hydrogen-bond donors (Lipinski definition) is 0. The molecule has 0 aliphatic heterocycles. The lowest BCUT2D eigenvalue weighted by Crippen LogP contribution is -2.33. The Morgan fingerprint density at radius 3 is 2.26 bits per heavy atom. The lowest BCUT2D eigenvalue weighted by molar-refractivity contribution is 0.212. The average molecular weight is 285 g/mol. The lowest BCUT2D eigenvalue weighted by atomic mass is 9.90. The van der Waals surface area contributed by atoms with E-state index in [0.717, 1.165) is 35.4 Å². The second-order valence-corrected chi connectivity index (χ2v) is 8.11. The standard InChI is InChI=1S/C17H36NP/c1-7-12(2)13(3)8-9-18(6)15(5)11-17(19)16-10-14(16)4/h12-17H,7-11,19H2,1-6H3. The van der Waals surface area contributed by atoms with E-state index in [9.17, 15) is 0 Å². The molecule has 1 nitrogen and oxygen atoms in total. The van der Waals surface area contributed by atoms with Crippen LogP contribution in [0.25, 0.3) is 0 Å². The van der Waals surface area contributed by atoms with Crippen LogP contribution in [0.4, 0.5) is 0 Å². The molecule has 0 saturated heterocycles. The highest BCUT2D eigenvalue weighted by atomic mass is 31.0. The minimum absolute atomic E-state index is 0.722. The first-order chi connectivity index (χ1) is 8.86. The minimum atomic E-state index is 0.722. The molecule has 7 atom stereocenters. The summed E-state index contributed by atoms with van der Waals surface area (Å²) in [6, 6.07) is 0.722. The number of hydrogen-bond acceptors (Lipinski definition) is 1. The summed E-state index contributed by atoms with van der Waals surface area (Å²) in [7, 11) is 5.41. The van der Waals surface area contributed by atoms with E-state index >= 15 is 0 Å². The summed E-state index contributed by atoms with van der Waals surface area (Å²) in [6.07, 6.45) is 5.45. The van der Waals surface area contributed by atoms with Crippen LogP contribution in [-0.2, 0) is 0 Å². The molecule has 0 heterocycles. The van der Waals surface area contributed by atoms with Crippen LogP contribution in [-0.4, -0.2) is 30.2 Å². The quantitative estimate of drug-likeness (QED) is 0.556. The zero-order chi connectivity index (χ0) is 14.6. The van der Waals surface area contributed by atoms with Crippen LogP contribution in [0, 0.1) is 23.7 Å². The Kier molecular flexibility index (Phi) is 7.33. The van der Waals surface area contributed by atoms with Gasteiger partial charge >= 0.3 is 0 Å². The summed E-state index contributed by atoms with van der Waals surface area (Å²) in [5.74, 6) is 3.69. The SMILES string of the molecule is CCC(C)C(C)CCN(C)C(C)CC(P)C1CC1C. The molecule has 114 valence electrons. The Labute approximate surface area is 124 Å². The first kappa shape index (κ1) is 17.4. The molecule has 7 unspecified atom stereocenters. The molecule has 2 heteroatoms. The third kappa shape index (κ3) is 5.72. The molecule has 0 aromatic heterocycles. The zero-order valence-electron chi connectivity index (χ0n) is 14.0. The smallest absolute Gasteiger partial charge is 0.00698 e. The zero-order valence-corrected chi connectivity index (χ0v) is 15.2. The average Bonchev–Trinajstić information content (AvgIpc) is 3.11. The number of nitrogens with zero attached hydrogens (tertiary/aromatic N) is 1. The first-order valence-corrected chi connectivity index (χ1v) is 8.99. The summed E-state index contributed by atoms with van der Waals surface area (Å²) in [4.78, 5) is 2.57. The fourth-order valence-electron chi connectivity index (χ4n) is 3.01. The van der Waals surface area contributed by atoms with Gasteiger partial charge in [-0.05, 0) is 69.1 Å². The van der Waals surface area contributed by atoms with Crippen molar-refractivity contribution in [1.29, 1.82) is 0 Å². The maximum absolute atomic E-state index is 3.10. The normalized spacial score (nSPS) is 29.1. The van der Waals surface area contributed by atoms with Gasteiger partial charge in [0.15, 0.2) is 0 Å². The van der Waals surface area contributed by atoms with Gasteiger partial charge in [-0.3, -0.25) is 0 Å². The second kappa shape index (κ2) is 7.99. The largest absolute Gasteiger partial charge is 0.304 e. The Bertz CT molecular complexity index is 256. The summed E-state index contributed by atoms with van der Waals surface area (Å²) in [6.45, 7) is 13.2. The van der Waals surface area contributed by atoms with Crippen molar-refractivity contribution in [3.05, 3.63) is 0 Å². The maximum atomic E-state index is 3.10. The van der Waals surface area contributed by atoms with Crippen molar-refractivity contribution in [1.82, 2.24) is 4.90 Å². The minimum Gasteiger partial charge on any atom is -0.304 e. The molecule has 1 saturated carbocycles. The topological polar surface area (TPSA) is 3.24 Å². The third-order valence-corrected chi connectivity index (χ3v) is 6.41. The molecule has 0 radical (unpaired) electrons. The third-order valence-electron chi connectivity index (χ3n) is 5.64. The van der Waals surface area contributed by atoms with Gasteiger partial charge in [0.25, 0.3) is 0 Å². The maximum Gasteiger partial charge on any atom is 0.00698 e. The van der Waals surface area contributed by atoms with E-state index in [4.69, 9.17) is 0 Å². The monoisotopic (exact) mass is 285 g/mol. The van der Waals surface area contributed by atoms with Gasteiger partial charge in [0.2, 0.25) is 0 Å². The van der Waals surface area contributed by atoms with Crippen molar-refractivity contribution in [2.45, 2.75) is 72.0 Å². The van der Waals surface area contributed by atoms with Gasteiger partial charge in [-0.25, -0.2) is 0 Å². The van der Waals surface area contributed by atoms with Gasteiger partial charge in [-0.1, -0.05) is 34.1 Å². The molecule has 0 amide bonds. The van der Waals surface area contributed by atoms with Gasteiger partial charge in [0.05, 0.1) is 0 Å². The highest BCUT2D eigenvalue weighted by Crippen LogP contribution is 2.45. The highest BCUT2D eigenvalue weighted by Gasteiger charge is 2.37. The molecule has 1 rings (SSSR count). The molecule has 1 aliphatic rings. The van der Waals surface area contributed by atoms with Crippen molar-refractivity contribution in [3.63, 3.8) is 0 Å². The van der Waals surface area contributed by atoms with Crippen LogP contribution < -0.4 is 0 Å². The van der Waals surface area contributed by atoms with E-state index < -0.39 is 0 Å². The Hall–Kier alpha value is 0.390. The molecule has 0 N–H and O–H groups in total. The Morgan fingerprint density at radius 1 is 1.21 bits per heavy atom. The van der Waals surface area contributed by atoms with Crippen LogP contribution in [0.3, 0.4) is 0 Å². The van der Waals surface area contributed by atoms with Crippen LogP contribution in [0.1, 0.15) is 60.3 Å². The van der Waals surface area contributed by atoms with Gasteiger partial charge in [0.1, 0.15) is 0 Å². The molecular formula is C17H36NP. The van der Waals surface area contributed by atoms with E-state index in [1.165, 1.54) is 32.2 Å².